The van der Waals surface area contributed by atoms with Gasteiger partial charge in [-0.05, 0) is 24.3 Å². The monoisotopic (exact) mass is 252 g/mol. The van der Waals surface area contributed by atoms with Gasteiger partial charge < -0.3 is 9.63 Å². The predicted molar refractivity (Wildman–Crippen MR) is 66.9 cm³/mol. The van der Waals surface area contributed by atoms with Crippen LogP contribution in [-0.4, -0.2) is 21.4 Å². The molecule has 0 aromatic carbocycles. The van der Waals surface area contributed by atoms with E-state index in [2.05, 4.69) is 10.1 Å². The number of nitrogens with zero attached hydrogens (tertiary/aromatic N) is 2. The van der Waals surface area contributed by atoms with Gasteiger partial charge in [0.05, 0.1) is 12.0 Å². The molecule has 0 fully saturated rings. The van der Waals surface area contributed by atoms with Crippen LogP contribution in [0.5, 0.6) is 0 Å². The van der Waals surface area contributed by atoms with Crippen molar-refractivity contribution in [2.24, 2.45) is 5.92 Å². The topological polar surface area (TPSA) is 59.2 Å². The minimum absolute atomic E-state index is 0.116. The Hall–Kier alpha value is -1.20. The quantitative estimate of drug-likeness (QED) is 0.909. The number of hydrogen-bond donors (Lipinski definition) is 1. The summed E-state index contributed by atoms with van der Waals surface area (Å²) in [5.74, 6) is 1.24. The molecule has 0 bridgehead atoms. The minimum atomic E-state index is -0.495. The highest BCUT2D eigenvalue weighted by molar-refractivity contribution is 7.08. The first-order chi connectivity index (χ1) is 8.09. The molecule has 2 heterocycles. The Morgan fingerprint density at radius 3 is 2.65 bits per heavy atom. The molecule has 2 aromatic heterocycles. The molecular formula is C12H16N2O2S. The van der Waals surface area contributed by atoms with E-state index < -0.39 is 6.10 Å². The highest BCUT2D eigenvalue weighted by Gasteiger charge is 2.27. The molecule has 0 saturated heterocycles. The lowest BCUT2D eigenvalue weighted by molar-refractivity contribution is 0.120. The molecule has 0 aliphatic carbocycles. The maximum Gasteiger partial charge on any atom is 0.232 e. The molecule has 2 rings (SSSR count). The molecule has 0 spiro atoms. The first kappa shape index (κ1) is 12.3. The molecular weight excluding hydrogens is 236 g/mol. The zero-order valence-corrected chi connectivity index (χ0v) is 10.9. The normalized spacial score (nSPS) is 15.1. The number of thiophene rings is 1. The third kappa shape index (κ3) is 2.56. The lowest BCUT2D eigenvalue weighted by Gasteiger charge is -2.19. The predicted octanol–water partition coefficient (Wildman–Crippen LogP) is 2.92. The van der Waals surface area contributed by atoms with Crippen LogP contribution < -0.4 is 0 Å². The minimum Gasteiger partial charge on any atom is -0.393 e. The highest BCUT2D eigenvalue weighted by Crippen LogP contribution is 2.28. The van der Waals surface area contributed by atoms with Crippen LogP contribution in [0.1, 0.15) is 32.6 Å². The van der Waals surface area contributed by atoms with E-state index in [0.717, 1.165) is 5.56 Å². The standard InChI is InChI=1S/C12H16N2O2S/c1-7(2)10(8(3)15)12-13-11(14-16-12)9-4-5-17-6-9/h4-8,10,15H,1-3H3. The summed E-state index contributed by atoms with van der Waals surface area (Å²) >= 11 is 1.59. The summed E-state index contributed by atoms with van der Waals surface area (Å²) in [5.41, 5.74) is 0.957. The van der Waals surface area contributed by atoms with Crippen molar-refractivity contribution in [2.45, 2.75) is 32.8 Å². The maximum atomic E-state index is 9.75. The smallest absolute Gasteiger partial charge is 0.232 e. The third-order valence-corrected chi connectivity index (χ3v) is 3.43. The van der Waals surface area contributed by atoms with Gasteiger partial charge >= 0.3 is 0 Å². The van der Waals surface area contributed by atoms with Crippen molar-refractivity contribution in [1.29, 1.82) is 0 Å². The fourth-order valence-corrected chi connectivity index (χ4v) is 2.56. The average Bonchev–Trinajstić information content (AvgIpc) is 2.83. The summed E-state index contributed by atoms with van der Waals surface area (Å²) in [6.07, 6.45) is -0.495. The fraction of sp³-hybridized carbons (Fsp3) is 0.500. The lowest BCUT2D eigenvalue weighted by Crippen LogP contribution is -2.20. The number of aliphatic hydroxyl groups excluding tert-OH is 1. The number of aromatic nitrogens is 2. The van der Waals surface area contributed by atoms with Crippen molar-refractivity contribution in [2.75, 3.05) is 0 Å². The van der Waals surface area contributed by atoms with Gasteiger partial charge in [0, 0.05) is 10.9 Å². The molecule has 4 nitrogen and oxygen atoms in total. The molecule has 17 heavy (non-hydrogen) atoms. The van der Waals surface area contributed by atoms with E-state index in [4.69, 9.17) is 4.52 Å². The van der Waals surface area contributed by atoms with Crippen molar-refractivity contribution < 1.29 is 9.63 Å². The lowest BCUT2D eigenvalue weighted by atomic mass is 9.91. The van der Waals surface area contributed by atoms with Crippen LogP contribution in [-0.2, 0) is 0 Å². The van der Waals surface area contributed by atoms with Crippen LogP contribution in [0.25, 0.3) is 11.4 Å². The van der Waals surface area contributed by atoms with Gasteiger partial charge in [0.1, 0.15) is 0 Å². The average molecular weight is 252 g/mol. The largest absolute Gasteiger partial charge is 0.393 e. The fourth-order valence-electron chi connectivity index (χ4n) is 1.93. The number of aliphatic hydroxyl groups is 1. The van der Waals surface area contributed by atoms with Crippen LogP contribution in [0.15, 0.2) is 21.3 Å². The van der Waals surface area contributed by atoms with E-state index in [0.29, 0.717) is 11.7 Å². The zero-order chi connectivity index (χ0) is 12.4. The van der Waals surface area contributed by atoms with E-state index in [9.17, 15) is 5.11 Å². The second-order valence-electron chi connectivity index (χ2n) is 4.48. The molecule has 92 valence electrons. The van der Waals surface area contributed by atoms with Gasteiger partial charge in [0.15, 0.2) is 0 Å². The highest BCUT2D eigenvalue weighted by atomic mass is 32.1. The summed E-state index contributed by atoms with van der Waals surface area (Å²) in [5, 5.41) is 17.6. The Labute approximate surface area is 104 Å². The van der Waals surface area contributed by atoms with Crippen LogP contribution in [0.4, 0.5) is 0 Å². The molecule has 2 atom stereocenters. The first-order valence-electron chi connectivity index (χ1n) is 5.64. The summed E-state index contributed by atoms with van der Waals surface area (Å²) in [7, 11) is 0. The number of rotatable bonds is 4. The molecule has 0 amide bonds. The molecule has 0 aliphatic rings. The van der Waals surface area contributed by atoms with E-state index in [1.807, 2.05) is 30.7 Å². The van der Waals surface area contributed by atoms with Crippen LogP contribution in [0, 0.1) is 5.92 Å². The molecule has 0 aliphatic heterocycles. The van der Waals surface area contributed by atoms with Gasteiger partial charge in [-0.15, -0.1) is 0 Å². The second-order valence-corrected chi connectivity index (χ2v) is 5.26. The Bertz CT molecular complexity index is 455. The second kappa shape index (κ2) is 4.98. The van der Waals surface area contributed by atoms with Gasteiger partial charge in [-0.2, -0.15) is 16.3 Å². The van der Waals surface area contributed by atoms with Crippen LogP contribution >= 0.6 is 11.3 Å². The third-order valence-electron chi connectivity index (χ3n) is 2.74. The summed E-state index contributed by atoms with van der Waals surface area (Å²) in [6.45, 7) is 5.82. The van der Waals surface area contributed by atoms with Crippen molar-refractivity contribution >= 4 is 11.3 Å². The van der Waals surface area contributed by atoms with Crippen molar-refractivity contribution in [1.82, 2.24) is 10.1 Å². The Morgan fingerprint density at radius 2 is 2.12 bits per heavy atom. The van der Waals surface area contributed by atoms with Crippen LogP contribution in [0.3, 0.4) is 0 Å². The maximum absolute atomic E-state index is 9.75. The van der Waals surface area contributed by atoms with Gasteiger partial charge in [-0.1, -0.05) is 19.0 Å². The van der Waals surface area contributed by atoms with Crippen molar-refractivity contribution in [3.8, 4) is 11.4 Å². The molecule has 0 radical (unpaired) electrons. The van der Waals surface area contributed by atoms with E-state index in [1.54, 1.807) is 18.3 Å². The van der Waals surface area contributed by atoms with Crippen LogP contribution in [0.2, 0.25) is 0 Å². The Morgan fingerprint density at radius 1 is 1.35 bits per heavy atom. The van der Waals surface area contributed by atoms with Gasteiger partial charge in [0.2, 0.25) is 11.7 Å². The van der Waals surface area contributed by atoms with Gasteiger partial charge in [-0.25, -0.2) is 0 Å². The van der Waals surface area contributed by atoms with E-state index in [1.165, 1.54) is 0 Å². The molecule has 2 unspecified atom stereocenters. The van der Waals surface area contributed by atoms with Crippen molar-refractivity contribution in [3.05, 3.63) is 22.7 Å². The number of hydrogen-bond acceptors (Lipinski definition) is 5. The first-order valence-corrected chi connectivity index (χ1v) is 6.58. The van der Waals surface area contributed by atoms with Crippen molar-refractivity contribution in [3.63, 3.8) is 0 Å². The molecule has 2 aromatic rings. The zero-order valence-electron chi connectivity index (χ0n) is 10.1. The van der Waals surface area contributed by atoms with Gasteiger partial charge in [0.25, 0.3) is 0 Å². The summed E-state index contributed by atoms with van der Waals surface area (Å²) in [6, 6.07) is 1.95. The Kier molecular flexibility index (Phi) is 3.59. The van der Waals surface area contributed by atoms with E-state index in [-0.39, 0.29) is 11.8 Å². The SMILES string of the molecule is CC(C)C(c1nc(-c2ccsc2)no1)C(C)O. The summed E-state index contributed by atoms with van der Waals surface area (Å²) in [4.78, 5) is 4.36. The summed E-state index contributed by atoms with van der Waals surface area (Å²) < 4.78 is 5.26. The molecule has 5 heteroatoms. The molecule has 0 saturated carbocycles. The van der Waals surface area contributed by atoms with Gasteiger partial charge in [-0.3, -0.25) is 0 Å². The molecule has 1 N–H and O–H groups in total. The van der Waals surface area contributed by atoms with E-state index >= 15 is 0 Å². The Balaban J connectivity index is 2.28.